The molecule has 0 aliphatic carbocycles. The molecule has 5 heteroatoms. The second-order valence-corrected chi connectivity index (χ2v) is 15.0. The Kier molecular flexibility index (Phi) is 36.8. The molecule has 0 unspecified atom stereocenters. The van der Waals surface area contributed by atoms with Crippen LogP contribution in [0.3, 0.4) is 0 Å². The molecule has 0 aliphatic heterocycles. The number of hydrogen-bond acceptors (Lipinski definition) is 5. The number of unbranched alkanes of at least 4 members (excludes halogenated alkanes) is 28. The normalized spacial score (nSPS) is 12.1. The summed E-state index contributed by atoms with van der Waals surface area (Å²) in [7, 11) is 0. The number of hydrogen-bond donors (Lipinski definition) is 1. The van der Waals surface area contributed by atoms with Gasteiger partial charge in [0, 0.05) is 12.8 Å². The van der Waals surface area contributed by atoms with Crippen LogP contribution in [0.1, 0.15) is 233 Å². The molecule has 0 rings (SSSR count). The van der Waals surface area contributed by atoms with E-state index < -0.39 is 6.10 Å². The van der Waals surface area contributed by atoms with Crippen LogP contribution in [0, 0.1) is 5.92 Å². The Labute approximate surface area is 293 Å². The fourth-order valence-corrected chi connectivity index (χ4v) is 6.33. The molecule has 0 saturated carbocycles. The minimum absolute atomic E-state index is 0.108. The molecular formula is C42H82O5. The lowest BCUT2D eigenvalue weighted by Crippen LogP contribution is -2.25. The average Bonchev–Trinajstić information content (AvgIpc) is 3.05. The summed E-state index contributed by atoms with van der Waals surface area (Å²) in [6, 6.07) is 0. The zero-order valence-corrected chi connectivity index (χ0v) is 32.0. The summed E-state index contributed by atoms with van der Waals surface area (Å²) in [5.74, 6) is 0.298. The van der Waals surface area contributed by atoms with Crippen LogP contribution >= 0.6 is 0 Å². The minimum atomic E-state index is -0.955. The third kappa shape index (κ3) is 39.2. The van der Waals surface area contributed by atoms with Gasteiger partial charge in [0.2, 0.25) is 0 Å². The second-order valence-electron chi connectivity index (χ2n) is 15.0. The number of ether oxygens (including phenoxy) is 2. The third-order valence-electron chi connectivity index (χ3n) is 9.52. The van der Waals surface area contributed by atoms with Crippen LogP contribution < -0.4 is 0 Å². The molecule has 0 amide bonds. The first-order valence-electron chi connectivity index (χ1n) is 20.9. The van der Waals surface area contributed by atoms with Crippen molar-refractivity contribution in [2.75, 3.05) is 13.2 Å². The van der Waals surface area contributed by atoms with Gasteiger partial charge >= 0.3 is 11.9 Å². The van der Waals surface area contributed by atoms with Gasteiger partial charge in [0.25, 0.3) is 0 Å². The van der Waals surface area contributed by atoms with Crippen LogP contribution in [0.2, 0.25) is 0 Å². The van der Waals surface area contributed by atoms with Crippen molar-refractivity contribution in [3.63, 3.8) is 0 Å². The highest BCUT2D eigenvalue weighted by molar-refractivity contribution is 5.69. The zero-order chi connectivity index (χ0) is 34.5. The van der Waals surface area contributed by atoms with Crippen LogP contribution in [0.5, 0.6) is 0 Å². The summed E-state index contributed by atoms with van der Waals surface area (Å²) in [5.41, 5.74) is 0. The lowest BCUT2D eigenvalue weighted by Gasteiger charge is -2.12. The molecule has 0 saturated heterocycles. The molecule has 0 bridgehead atoms. The summed E-state index contributed by atoms with van der Waals surface area (Å²) in [6.45, 7) is 6.69. The topological polar surface area (TPSA) is 72.8 Å². The van der Waals surface area contributed by atoms with Gasteiger partial charge < -0.3 is 14.6 Å². The molecule has 0 spiro atoms. The predicted molar refractivity (Wildman–Crippen MR) is 201 cm³/mol. The maximum absolute atomic E-state index is 12.0. The molecule has 0 aromatic rings. The largest absolute Gasteiger partial charge is 0.463 e. The molecule has 0 aromatic heterocycles. The third-order valence-corrected chi connectivity index (χ3v) is 9.52. The molecule has 0 heterocycles. The number of rotatable bonds is 38. The average molecular weight is 667 g/mol. The number of carbonyl (C=O) groups excluding carboxylic acids is 2. The van der Waals surface area contributed by atoms with Crippen LogP contribution in [0.25, 0.3) is 0 Å². The van der Waals surface area contributed by atoms with Gasteiger partial charge in [0.15, 0.2) is 0 Å². The molecule has 0 aromatic carbocycles. The molecule has 0 radical (unpaired) electrons. The molecule has 5 nitrogen and oxygen atoms in total. The summed E-state index contributed by atoms with van der Waals surface area (Å²) < 4.78 is 10.4. The van der Waals surface area contributed by atoms with Crippen LogP contribution in [-0.4, -0.2) is 36.4 Å². The highest BCUT2D eigenvalue weighted by Gasteiger charge is 2.12. The van der Waals surface area contributed by atoms with Gasteiger partial charge in [-0.15, -0.1) is 0 Å². The Hall–Kier alpha value is -1.10. The van der Waals surface area contributed by atoms with Crippen molar-refractivity contribution in [1.82, 2.24) is 0 Å². The second kappa shape index (κ2) is 37.7. The van der Waals surface area contributed by atoms with Gasteiger partial charge in [0.1, 0.15) is 19.3 Å². The summed E-state index contributed by atoms with van der Waals surface area (Å²) in [6.07, 6.45) is 40.2. The molecule has 0 fully saturated rings. The number of esters is 2. The molecule has 47 heavy (non-hydrogen) atoms. The number of carbonyl (C=O) groups is 2. The van der Waals surface area contributed by atoms with Crippen molar-refractivity contribution < 1.29 is 24.2 Å². The minimum Gasteiger partial charge on any atom is -0.463 e. The van der Waals surface area contributed by atoms with E-state index in [4.69, 9.17) is 9.47 Å². The summed E-state index contributed by atoms with van der Waals surface area (Å²) in [5, 5.41) is 10.0. The van der Waals surface area contributed by atoms with Crippen molar-refractivity contribution in [3.05, 3.63) is 0 Å². The highest BCUT2D eigenvalue weighted by atomic mass is 16.6. The predicted octanol–water partition coefficient (Wildman–Crippen LogP) is 13.0. The van der Waals surface area contributed by atoms with Crippen LogP contribution in [0.15, 0.2) is 0 Å². The smallest absolute Gasteiger partial charge is 0.305 e. The van der Waals surface area contributed by atoms with Crippen molar-refractivity contribution in [1.29, 1.82) is 0 Å². The Morgan fingerprint density at radius 2 is 0.681 bits per heavy atom. The maximum Gasteiger partial charge on any atom is 0.305 e. The van der Waals surface area contributed by atoms with Gasteiger partial charge in [-0.25, -0.2) is 0 Å². The van der Waals surface area contributed by atoms with Gasteiger partial charge in [-0.1, -0.05) is 207 Å². The monoisotopic (exact) mass is 667 g/mol. The van der Waals surface area contributed by atoms with E-state index in [1.165, 1.54) is 173 Å². The van der Waals surface area contributed by atoms with E-state index in [9.17, 15) is 14.7 Å². The van der Waals surface area contributed by atoms with Crippen LogP contribution in [0.4, 0.5) is 0 Å². The molecule has 280 valence electrons. The van der Waals surface area contributed by atoms with Crippen molar-refractivity contribution in [2.45, 2.75) is 239 Å². The number of aliphatic hydroxyl groups excluding tert-OH is 1. The van der Waals surface area contributed by atoms with Crippen LogP contribution in [-0.2, 0) is 19.1 Å². The highest BCUT2D eigenvalue weighted by Crippen LogP contribution is 2.16. The quantitative estimate of drug-likeness (QED) is 0.0524. The summed E-state index contributed by atoms with van der Waals surface area (Å²) in [4.78, 5) is 24.0. The number of aliphatic hydroxyl groups is 1. The molecule has 1 atom stereocenters. The first kappa shape index (κ1) is 45.9. The molecule has 0 aliphatic rings. The van der Waals surface area contributed by atoms with E-state index in [2.05, 4.69) is 20.8 Å². The van der Waals surface area contributed by atoms with Crippen molar-refractivity contribution in [2.24, 2.45) is 5.92 Å². The van der Waals surface area contributed by atoms with E-state index in [1.807, 2.05) is 0 Å². The van der Waals surface area contributed by atoms with Crippen molar-refractivity contribution in [3.8, 4) is 0 Å². The fourth-order valence-electron chi connectivity index (χ4n) is 6.33. The first-order chi connectivity index (χ1) is 23.0. The zero-order valence-electron chi connectivity index (χ0n) is 32.0. The van der Waals surface area contributed by atoms with Gasteiger partial charge in [0.05, 0.1) is 0 Å². The van der Waals surface area contributed by atoms with E-state index >= 15 is 0 Å². The summed E-state index contributed by atoms with van der Waals surface area (Å²) >= 11 is 0. The van der Waals surface area contributed by atoms with E-state index in [-0.39, 0.29) is 25.2 Å². The Morgan fingerprint density at radius 3 is 0.957 bits per heavy atom. The van der Waals surface area contributed by atoms with E-state index in [0.717, 1.165) is 31.6 Å². The SMILES string of the molecule is CCCCCCCCCCCCCCCCCCCC(=O)OC[C@H](O)COC(=O)CCCCCCCCCCCCCCCC(C)C. The Balaban J connectivity index is 3.37. The van der Waals surface area contributed by atoms with Gasteiger partial charge in [-0.05, 0) is 18.8 Å². The fraction of sp³-hybridized carbons (Fsp3) is 0.952. The Morgan fingerprint density at radius 1 is 0.426 bits per heavy atom. The van der Waals surface area contributed by atoms with E-state index in [0.29, 0.717) is 12.8 Å². The lowest BCUT2D eigenvalue weighted by atomic mass is 10.0. The van der Waals surface area contributed by atoms with Gasteiger partial charge in [-0.2, -0.15) is 0 Å². The first-order valence-corrected chi connectivity index (χ1v) is 20.9. The standard InChI is InChI=1S/C42H82O5/c1-4-5-6-7-8-9-10-11-12-13-14-17-20-23-26-29-32-35-41(44)46-37-40(43)38-47-42(45)36-33-30-27-24-21-18-15-16-19-22-25-28-31-34-39(2)3/h39-40,43H,4-38H2,1-3H3/t40-/m0/s1. The van der Waals surface area contributed by atoms with E-state index in [1.54, 1.807) is 0 Å². The van der Waals surface area contributed by atoms with Gasteiger partial charge in [-0.3, -0.25) is 9.59 Å². The maximum atomic E-state index is 12.0. The molecular weight excluding hydrogens is 584 g/mol. The molecule has 1 N–H and O–H groups in total. The lowest BCUT2D eigenvalue weighted by molar-refractivity contribution is -0.152. The van der Waals surface area contributed by atoms with Crippen molar-refractivity contribution >= 4 is 11.9 Å². The Bertz CT molecular complexity index is 649.